The maximum atomic E-state index is 13.0. The van der Waals surface area contributed by atoms with E-state index >= 15 is 0 Å². The molecule has 39 heavy (non-hydrogen) atoms. The second kappa shape index (κ2) is 10.5. The molecule has 3 atom stereocenters. The SMILES string of the molecule is C[C@@H]1CN(C2c3ccccc3NC(=O)c3ccccc32)CCN1c1ccc(NC(=O)C2CCOC2)cc1C#N. The summed E-state index contributed by atoms with van der Waals surface area (Å²) < 4.78 is 5.33. The van der Waals surface area contributed by atoms with Gasteiger partial charge in [0.1, 0.15) is 6.07 Å². The van der Waals surface area contributed by atoms with Crippen LogP contribution in [0.2, 0.25) is 0 Å². The summed E-state index contributed by atoms with van der Waals surface area (Å²) >= 11 is 0. The van der Waals surface area contributed by atoms with Gasteiger partial charge in [-0.25, -0.2) is 0 Å². The molecule has 8 nitrogen and oxygen atoms in total. The Kier molecular flexibility index (Phi) is 6.77. The van der Waals surface area contributed by atoms with Gasteiger partial charge in [-0.1, -0.05) is 36.4 Å². The van der Waals surface area contributed by atoms with E-state index in [9.17, 15) is 14.9 Å². The van der Waals surface area contributed by atoms with Crippen molar-refractivity contribution in [1.82, 2.24) is 4.90 Å². The van der Waals surface area contributed by atoms with E-state index in [0.717, 1.165) is 48.6 Å². The third-order valence-electron chi connectivity index (χ3n) is 8.02. The summed E-state index contributed by atoms with van der Waals surface area (Å²) in [6, 6.07) is 23.8. The third kappa shape index (κ3) is 4.76. The molecule has 3 heterocycles. The Balaban J connectivity index is 1.25. The molecule has 2 fully saturated rings. The molecule has 198 valence electrons. The summed E-state index contributed by atoms with van der Waals surface area (Å²) in [5.41, 5.74) is 5.66. The van der Waals surface area contributed by atoms with Crippen molar-refractivity contribution < 1.29 is 14.3 Å². The summed E-state index contributed by atoms with van der Waals surface area (Å²) in [6.45, 7) is 5.46. The smallest absolute Gasteiger partial charge is 0.256 e. The van der Waals surface area contributed by atoms with E-state index in [1.54, 1.807) is 6.07 Å². The van der Waals surface area contributed by atoms with Crippen LogP contribution in [0.15, 0.2) is 66.7 Å². The van der Waals surface area contributed by atoms with Gasteiger partial charge in [-0.15, -0.1) is 0 Å². The highest BCUT2D eigenvalue weighted by molar-refractivity contribution is 6.07. The van der Waals surface area contributed by atoms with Crippen LogP contribution in [0.1, 0.15) is 46.4 Å². The molecular formula is C31H31N5O3. The molecule has 2 saturated heterocycles. The molecule has 0 bridgehead atoms. The highest BCUT2D eigenvalue weighted by atomic mass is 16.5. The molecule has 8 heteroatoms. The summed E-state index contributed by atoms with van der Waals surface area (Å²) in [5.74, 6) is -0.297. The normalized spacial score (nSPS) is 22.7. The monoisotopic (exact) mass is 521 g/mol. The first-order chi connectivity index (χ1) is 19.0. The molecular weight excluding hydrogens is 490 g/mol. The van der Waals surface area contributed by atoms with Crippen LogP contribution in [-0.4, -0.2) is 55.6 Å². The number of ether oxygens (including phenoxy) is 1. The number of benzene rings is 3. The molecule has 3 aliphatic rings. The molecule has 3 aromatic carbocycles. The molecule has 2 N–H and O–H groups in total. The average Bonchev–Trinajstić information content (AvgIpc) is 3.46. The first kappa shape index (κ1) is 25.1. The topological polar surface area (TPSA) is 97.7 Å². The molecule has 2 unspecified atom stereocenters. The minimum atomic E-state index is -0.145. The summed E-state index contributed by atoms with van der Waals surface area (Å²) in [5, 5.41) is 16.0. The Bertz CT molecular complexity index is 1460. The highest BCUT2D eigenvalue weighted by Crippen LogP contribution is 2.39. The first-order valence-electron chi connectivity index (χ1n) is 13.5. The lowest BCUT2D eigenvalue weighted by molar-refractivity contribution is -0.119. The predicted molar refractivity (Wildman–Crippen MR) is 150 cm³/mol. The second-order valence-corrected chi connectivity index (χ2v) is 10.5. The van der Waals surface area contributed by atoms with Crippen LogP contribution >= 0.6 is 0 Å². The summed E-state index contributed by atoms with van der Waals surface area (Å²) in [4.78, 5) is 30.3. The van der Waals surface area contributed by atoms with E-state index < -0.39 is 0 Å². The maximum Gasteiger partial charge on any atom is 0.256 e. The van der Waals surface area contributed by atoms with Crippen LogP contribution in [0.25, 0.3) is 0 Å². The Labute approximate surface area is 228 Å². The number of nitrogens with one attached hydrogen (secondary N) is 2. The van der Waals surface area contributed by atoms with Gasteiger partial charge in [0.25, 0.3) is 5.91 Å². The van der Waals surface area contributed by atoms with Crippen LogP contribution in [-0.2, 0) is 9.53 Å². The van der Waals surface area contributed by atoms with Crippen molar-refractivity contribution in [2.45, 2.75) is 25.4 Å². The fourth-order valence-corrected chi connectivity index (χ4v) is 6.06. The van der Waals surface area contributed by atoms with Crippen LogP contribution in [0.5, 0.6) is 0 Å². The second-order valence-electron chi connectivity index (χ2n) is 10.5. The summed E-state index contributed by atoms with van der Waals surface area (Å²) in [7, 11) is 0. The average molecular weight is 522 g/mol. The van der Waals surface area contributed by atoms with Gasteiger partial charge in [-0.3, -0.25) is 14.5 Å². The zero-order chi connectivity index (χ0) is 26.9. The quantitative estimate of drug-likeness (QED) is 0.528. The Morgan fingerprint density at radius 3 is 2.64 bits per heavy atom. The molecule has 0 saturated carbocycles. The number of piperazine rings is 1. The molecule has 0 radical (unpaired) electrons. The van der Waals surface area contributed by atoms with Crippen molar-refractivity contribution in [3.63, 3.8) is 0 Å². The maximum absolute atomic E-state index is 13.0. The fraction of sp³-hybridized carbons (Fsp3) is 0.323. The van der Waals surface area contributed by atoms with Gasteiger partial charge >= 0.3 is 0 Å². The van der Waals surface area contributed by atoms with Gasteiger partial charge in [0.15, 0.2) is 0 Å². The molecule has 0 aliphatic carbocycles. The van der Waals surface area contributed by atoms with Crippen molar-refractivity contribution in [2.75, 3.05) is 48.4 Å². The van der Waals surface area contributed by atoms with E-state index in [1.807, 2.05) is 48.5 Å². The standard InChI is InChI=1S/C31H31N5O3/c1-20-18-35(29-24-6-2-3-7-25(24)31(38)34-27-9-5-4-8-26(27)29)13-14-36(20)28-11-10-23(16-22(28)17-32)33-30(37)21-12-15-39-19-21/h2-11,16,20-21,29H,12-15,18-19H2,1H3,(H,33,37)(H,34,38)/t20-,21?,29?/m1/s1. The number of nitriles is 1. The number of fused-ring (bicyclic) bond motifs is 2. The molecule has 3 aromatic rings. The van der Waals surface area contributed by atoms with Gasteiger partial charge in [0.2, 0.25) is 5.91 Å². The largest absolute Gasteiger partial charge is 0.381 e. The van der Waals surface area contributed by atoms with Crippen LogP contribution in [0.3, 0.4) is 0 Å². The first-order valence-corrected chi connectivity index (χ1v) is 13.5. The van der Waals surface area contributed by atoms with Crippen molar-refractivity contribution in [3.8, 4) is 6.07 Å². The van der Waals surface area contributed by atoms with E-state index in [4.69, 9.17) is 4.74 Å². The van der Waals surface area contributed by atoms with E-state index in [0.29, 0.717) is 30.0 Å². The number of rotatable bonds is 4. The van der Waals surface area contributed by atoms with Crippen molar-refractivity contribution in [3.05, 3.63) is 89.0 Å². The number of carbonyl (C=O) groups excluding carboxylic acids is 2. The van der Waals surface area contributed by atoms with Gasteiger partial charge in [-0.2, -0.15) is 5.26 Å². The number of para-hydroxylation sites is 1. The van der Waals surface area contributed by atoms with Crippen molar-refractivity contribution in [2.24, 2.45) is 5.92 Å². The number of hydrogen-bond donors (Lipinski definition) is 2. The van der Waals surface area contributed by atoms with E-state index in [1.165, 1.54) is 0 Å². The minimum absolute atomic E-state index is 0.0615. The minimum Gasteiger partial charge on any atom is -0.381 e. The van der Waals surface area contributed by atoms with Crippen LogP contribution in [0.4, 0.5) is 17.1 Å². The van der Waals surface area contributed by atoms with E-state index in [2.05, 4.69) is 45.6 Å². The number of amides is 2. The lowest BCUT2D eigenvalue weighted by Crippen LogP contribution is -2.53. The van der Waals surface area contributed by atoms with Crippen LogP contribution < -0.4 is 15.5 Å². The lowest BCUT2D eigenvalue weighted by atomic mass is 9.92. The molecule has 0 spiro atoms. The number of carbonyl (C=O) groups is 2. The predicted octanol–water partition coefficient (Wildman–Crippen LogP) is 4.40. The zero-order valence-electron chi connectivity index (χ0n) is 21.9. The van der Waals surface area contributed by atoms with Gasteiger partial charge in [-0.05, 0) is 54.8 Å². The van der Waals surface area contributed by atoms with Gasteiger partial charge < -0.3 is 20.3 Å². The Morgan fingerprint density at radius 2 is 1.87 bits per heavy atom. The Hall–Kier alpha value is -4.19. The molecule has 3 aliphatic heterocycles. The van der Waals surface area contributed by atoms with E-state index in [-0.39, 0.29) is 29.8 Å². The lowest BCUT2D eigenvalue weighted by Gasteiger charge is -2.45. The summed E-state index contributed by atoms with van der Waals surface area (Å²) in [6.07, 6.45) is 0.719. The van der Waals surface area contributed by atoms with Crippen molar-refractivity contribution >= 4 is 28.9 Å². The van der Waals surface area contributed by atoms with Crippen molar-refractivity contribution in [1.29, 1.82) is 5.26 Å². The molecule has 0 aromatic heterocycles. The number of hydrogen-bond acceptors (Lipinski definition) is 6. The number of nitrogens with zero attached hydrogens (tertiary/aromatic N) is 3. The van der Waals surface area contributed by atoms with Gasteiger partial charge in [0, 0.05) is 49.2 Å². The highest BCUT2D eigenvalue weighted by Gasteiger charge is 2.35. The number of anilines is 3. The fourth-order valence-electron chi connectivity index (χ4n) is 6.06. The van der Waals surface area contributed by atoms with Crippen LogP contribution in [0, 0.1) is 17.2 Å². The molecule has 2 amide bonds. The van der Waals surface area contributed by atoms with Gasteiger partial charge in [0.05, 0.1) is 29.8 Å². The Morgan fingerprint density at radius 1 is 1.08 bits per heavy atom. The third-order valence-corrected chi connectivity index (χ3v) is 8.02. The molecule has 6 rings (SSSR count). The zero-order valence-corrected chi connectivity index (χ0v) is 21.9.